The lowest BCUT2D eigenvalue weighted by Gasteiger charge is -2.32. The fraction of sp³-hybridized carbons (Fsp3) is 1.00. The molecule has 1 saturated carbocycles. The van der Waals surface area contributed by atoms with Gasteiger partial charge in [-0.3, -0.25) is 0 Å². The van der Waals surface area contributed by atoms with Crippen LogP contribution in [0.2, 0.25) is 0 Å². The van der Waals surface area contributed by atoms with Gasteiger partial charge in [0.25, 0.3) is 0 Å². The zero-order chi connectivity index (χ0) is 7.68. The Morgan fingerprint density at radius 2 is 2.18 bits per heavy atom. The van der Waals surface area contributed by atoms with Crippen LogP contribution in [-0.4, -0.2) is 26.2 Å². The first-order chi connectivity index (χ1) is 5.42. The van der Waals surface area contributed by atoms with E-state index in [-0.39, 0.29) is 0 Å². The topological polar surface area (TPSA) is 24.1 Å². The van der Waals surface area contributed by atoms with Crippen LogP contribution in [0, 0.1) is 11.8 Å². The van der Waals surface area contributed by atoms with Crippen molar-refractivity contribution in [2.45, 2.75) is 25.3 Å². The van der Waals surface area contributed by atoms with E-state index in [1.807, 2.05) is 0 Å². The van der Waals surface area contributed by atoms with Gasteiger partial charge in [-0.25, -0.2) is 0 Å². The van der Waals surface area contributed by atoms with E-state index in [4.69, 9.17) is 0 Å². The molecule has 0 aromatic carbocycles. The molecule has 3 unspecified atom stereocenters. The van der Waals surface area contributed by atoms with Crippen LogP contribution in [0.25, 0.3) is 0 Å². The highest BCUT2D eigenvalue weighted by Crippen LogP contribution is 2.32. The Labute approximate surface area is 68.7 Å². The maximum absolute atomic E-state index is 3.49. The number of hydrogen-bond acceptors (Lipinski definition) is 2. The molecule has 11 heavy (non-hydrogen) atoms. The summed E-state index contributed by atoms with van der Waals surface area (Å²) in [6.45, 7) is 2.51. The van der Waals surface area contributed by atoms with E-state index in [0.717, 1.165) is 17.9 Å². The van der Waals surface area contributed by atoms with Gasteiger partial charge in [0, 0.05) is 6.04 Å². The average Bonchev–Trinajstić information content (AvgIpc) is 2.50. The highest BCUT2D eigenvalue weighted by Gasteiger charge is 2.35. The van der Waals surface area contributed by atoms with E-state index >= 15 is 0 Å². The Balaban J connectivity index is 2.00. The summed E-state index contributed by atoms with van der Waals surface area (Å²) >= 11 is 0. The molecule has 1 saturated heterocycles. The van der Waals surface area contributed by atoms with Crippen LogP contribution in [0.4, 0.5) is 0 Å². The predicted molar refractivity (Wildman–Crippen MR) is 46.5 cm³/mol. The first-order valence-electron chi connectivity index (χ1n) is 4.80. The van der Waals surface area contributed by atoms with Crippen LogP contribution in [0.15, 0.2) is 0 Å². The normalized spacial score (nSPS) is 43.9. The van der Waals surface area contributed by atoms with Crippen molar-refractivity contribution in [1.29, 1.82) is 0 Å². The Hall–Kier alpha value is -0.0800. The van der Waals surface area contributed by atoms with Gasteiger partial charge in [0.05, 0.1) is 0 Å². The van der Waals surface area contributed by atoms with Gasteiger partial charge in [-0.15, -0.1) is 0 Å². The first kappa shape index (κ1) is 7.56. The third-order valence-corrected chi connectivity index (χ3v) is 3.37. The highest BCUT2D eigenvalue weighted by molar-refractivity contribution is 4.92. The van der Waals surface area contributed by atoms with Crippen molar-refractivity contribution in [3.8, 4) is 0 Å². The Morgan fingerprint density at radius 3 is 3.00 bits per heavy atom. The molecule has 0 aromatic heterocycles. The molecule has 1 aliphatic carbocycles. The van der Waals surface area contributed by atoms with Crippen molar-refractivity contribution in [1.82, 2.24) is 10.6 Å². The van der Waals surface area contributed by atoms with Crippen LogP contribution in [-0.2, 0) is 0 Å². The predicted octanol–water partition coefficient (Wildman–Crippen LogP) is 0.594. The van der Waals surface area contributed by atoms with Crippen molar-refractivity contribution >= 4 is 0 Å². The number of nitrogens with one attached hydrogen (secondary N) is 2. The van der Waals surface area contributed by atoms with Crippen LogP contribution >= 0.6 is 0 Å². The summed E-state index contributed by atoms with van der Waals surface area (Å²) in [5.41, 5.74) is 0. The third kappa shape index (κ3) is 1.30. The third-order valence-electron chi connectivity index (χ3n) is 3.37. The Bertz CT molecular complexity index is 136. The maximum Gasteiger partial charge on any atom is 0.0108 e. The molecule has 0 bridgehead atoms. The summed E-state index contributed by atoms with van der Waals surface area (Å²) in [6, 6.07) is 0.795. The van der Waals surface area contributed by atoms with Gasteiger partial charge in [-0.1, -0.05) is 6.42 Å². The van der Waals surface area contributed by atoms with Crippen molar-refractivity contribution in [2.24, 2.45) is 11.8 Å². The molecule has 2 aliphatic rings. The van der Waals surface area contributed by atoms with Crippen molar-refractivity contribution in [2.75, 3.05) is 20.1 Å². The quantitative estimate of drug-likeness (QED) is 0.578. The summed E-state index contributed by atoms with van der Waals surface area (Å²) in [5, 5.41) is 6.92. The second-order valence-electron chi connectivity index (χ2n) is 3.91. The van der Waals surface area contributed by atoms with E-state index in [9.17, 15) is 0 Å². The van der Waals surface area contributed by atoms with Gasteiger partial charge in [0.15, 0.2) is 0 Å². The molecule has 0 spiro atoms. The number of rotatable bonds is 1. The van der Waals surface area contributed by atoms with Crippen molar-refractivity contribution < 1.29 is 0 Å². The van der Waals surface area contributed by atoms with Gasteiger partial charge in [0.1, 0.15) is 0 Å². The first-order valence-corrected chi connectivity index (χ1v) is 4.80. The fourth-order valence-corrected chi connectivity index (χ4v) is 2.71. The Morgan fingerprint density at radius 1 is 1.27 bits per heavy atom. The summed E-state index contributed by atoms with van der Waals surface area (Å²) in [4.78, 5) is 0. The lowest BCUT2D eigenvalue weighted by molar-refractivity contribution is 0.233. The van der Waals surface area contributed by atoms with Gasteiger partial charge in [0.2, 0.25) is 0 Å². The molecule has 0 radical (unpaired) electrons. The molecule has 2 rings (SSSR count). The molecule has 3 atom stereocenters. The number of hydrogen-bond donors (Lipinski definition) is 2. The monoisotopic (exact) mass is 154 g/mol. The van der Waals surface area contributed by atoms with Gasteiger partial charge in [-0.2, -0.15) is 0 Å². The van der Waals surface area contributed by atoms with Gasteiger partial charge in [-0.05, 0) is 44.8 Å². The number of fused-ring (bicyclic) bond motifs is 1. The summed E-state index contributed by atoms with van der Waals surface area (Å²) in [6.07, 6.45) is 4.27. The van der Waals surface area contributed by atoms with E-state index in [0.29, 0.717) is 0 Å². The minimum atomic E-state index is 0.795. The highest BCUT2D eigenvalue weighted by atomic mass is 15.0. The van der Waals surface area contributed by atoms with E-state index in [1.165, 1.54) is 32.4 Å². The zero-order valence-electron chi connectivity index (χ0n) is 7.27. The second kappa shape index (κ2) is 3.11. The summed E-state index contributed by atoms with van der Waals surface area (Å²) < 4.78 is 0. The lowest BCUT2D eigenvalue weighted by Crippen LogP contribution is -2.40. The molecule has 0 aromatic rings. The van der Waals surface area contributed by atoms with Crippen molar-refractivity contribution in [3.63, 3.8) is 0 Å². The summed E-state index contributed by atoms with van der Waals surface area (Å²) in [7, 11) is 2.10. The molecule has 2 fully saturated rings. The summed E-state index contributed by atoms with van der Waals surface area (Å²) in [5.74, 6) is 1.90. The standard InChI is InChI=1S/C9H18N2/c1-10-9-4-2-3-7-5-11-6-8(7)9/h7-11H,2-6H2,1H3. The molecule has 64 valence electrons. The van der Waals surface area contributed by atoms with Crippen molar-refractivity contribution in [3.05, 3.63) is 0 Å². The molecule has 1 heterocycles. The minimum absolute atomic E-state index is 0.795. The largest absolute Gasteiger partial charge is 0.317 e. The smallest absolute Gasteiger partial charge is 0.0108 e. The minimum Gasteiger partial charge on any atom is -0.317 e. The van der Waals surface area contributed by atoms with E-state index in [2.05, 4.69) is 17.7 Å². The molecule has 0 amide bonds. The van der Waals surface area contributed by atoms with E-state index < -0.39 is 0 Å². The zero-order valence-corrected chi connectivity index (χ0v) is 7.27. The van der Waals surface area contributed by atoms with Crippen LogP contribution < -0.4 is 10.6 Å². The lowest BCUT2D eigenvalue weighted by atomic mass is 9.78. The van der Waals surface area contributed by atoms with Gasteiger partial charge < -0.3 is 10.6 Å². The SMILES string of the molecule is CNC1CCCC2CNCC21. The molecule has 2 nitrogen and oxygen atoms in total. The van der Waals surface area contributed by atoms with Crippen LogP contribution in [0.1, 0.15) is 19.3 Å². The second-order valence-corrected chi connectivity index (χ2v) is 3.91. The van der Waals surface area contributed by atoms with Crippen LogP contribution in [0.5, 0.6) is 0 Å². The Kier molecular flexibility index (Phi) is 2.14. The molecule has 2 heteroatoms. The van der Waals surface area contributed by atoms with Gasteiger partial charge >= 0.3 is 0 Å². The molecule has 2 N–H and O–H groups in total. The molecule has 1 aliphatic heterocycles. The van der Waals surface area contributed by atoms with E-state index in [1.54, 1.807) is 0 Å². The molecular weight excluding hydrogens is 136 g/mol. The van der Waals surface area contributed by atoms with Crippen LogP contribution in [0.3, 0.4) is 0 Å². The molecular formula is C9H18N2. The maximum atomic E-state index is 3.49. The average molecular weight is 154 g/mol. The fourth-order valence-electron chi connectivity index (χ4n) is 2.71.